The molecule has 0 saturated carbocycles. The van der Waals surface area contributed by atoms with E-state index in [0.717, 1.165) is 11.8 Å². The number of aliphatic hydroxyl groups is 1. The summed E-state index contributed by atoms with van der Waals surface area (Å²) in [6, 6.07) is 9.34. The molecule has 3 heteroatoms. The summed E-state index contributed by atoms with van der Waals surface area (Å²) < 4.78 is 5.04. The van der Waals surface area contributed by atoms with Gasteiger partial charge in [-0.3, -0.25) is 0 Å². The third-order valence-corrected chi connectivity index (χ3v) is 13.5. The van der Waals surface area contributed by atoms with Crippen molar-refractivity contribution in [1.29, 1.82) is 0 Å². The maximum absolute atomic E-state index is 10.7. The Morgan fingerprint density at radius 3 is 1.77 bits per heavy atom. The Hall–Kier alpha value is -0.771. The molecule has 0 spiro atoms. The zero-order valence-electron chi connectivity index (χ0n) is 17.3. The molecule has 1 unspecified atom stereocenters. The average Bonchev–Trinajstić information content (AvgIpc) is 2.66. The second-order valence-electron chi connectivity index (χ2n) is 6.94. The molecule has 1 atom stereocenters. The summed E-state index contributed by atoms with van der Waals surface area (Å²) in [7, 11) is 0. The van der Waals surface area contributed by atoms with Gasteiger partial charge in [0.05, 0.1) is 11.7 Å². The summed E-state index contributed by atoms with van der Waals surface area (Å²) in [4.78, 5) is 10.7. The van der Waals surface area contributed by atoms with Crippen LogP contribution in [0.4, 0.5) is 0 Å². The average molecular weight is 466 g/mol. The number of carbonyl (C=O) groups is 1. The van der Waals surface area contributed by atoms with Crippen LogP contribution in [0.3, 0.4) is 0 Å². The van der Waals surface area contributed by atoms with Gasteiger partial charge in [0.15, 0.2) is 0 Å². The fourth-order valence-electron chi connectivity index (χ4n) is 2.80. The molecule has 26 heavy (non-hydrogen) atoms. The van der Waals surface area contributed by atoms with E-state index in [9.17, 15) is 4.79 Å². The van der Waals surface area contributed by atoms with Gasteiger partial charge in [0, 0.05) is 0 Å². The van der Waals surface area contributed by atoms with Gasteiger partial charge in [-0.2, -0.15) is 0 Å². The van der Waals surface area contributed by atoms with Crippen LogP contribution < -0.4 is 0 Å². The van der Waals surface area contributed by atoms with E-state index in [1.54, 1.807) is 20.2 Å². The van der Waals surface area contributed by atoms with Gasteiger partial charge in [0.2, 0.25) is 0 Å². The first-order valence-corrected chi connectivity index (χ1v) is 16.4. The number of allylic oxidation sites excluding steroid dienone is 2. The number of aldehydes is 1. The van der Waals surface area contributed by atoms with Crippen LogP contribution in [0.15, 0.2) is 42.2 Å². The first-order valence-electron chi connectivity index (χ1n) is 10.3. The van der Waals surface area contributed by atoms with Crippen molar-refractivity contribution in [2.24, 2.45) is 0 Å². The molecule has 0 aliphatic carbocycles. The number of aliphatic hydroxyl groups excluding tert-OH is 1. The van der Waals surface area contributed by atoms with Crippen molar-refractivity contribution >= 4 is 26.0 Å². The van der Waals surface area contributed by atoms with Crippen LogP contribution in [0.25, 0.3) is 0 Å². The van der Waals surface area contributed by atoms with Crippen LogP contribution >= 0.6 is 0 Å². The molecule has 1 rings (SSSR count). The van der Waals surface area contributed by atoms with E-state index < -0.39 is 19.8 Å². The van der Waals surface area contributed by atoms with E-state index in [0.29, 0.717) is 0 Å². The van der Waals surface area contributed by atoms with E-state index >= 15 is 0 Å². The van der Waals surface area contributed by atoms with Gasteiger partial charge in [-0.05, 0) is 18.6 Å². The van der Waals surface area contributed by atoms with E-state index in [-0.39, 0.29) is 11.7 Å². The summed E-state index contributed by atoms with van der Waals surface area (Å²) >= 11 is -0.839. The minimum atomic E-state index is -0.839. The molecule has 1 radical (unpaired) electrons. The molecule has 0 bridgehead atoms. The number of hydrogen-bond donors (Lipinski definition) is 1. The van der Waals surface area contributed by atoms with Crippen molar-refractivity contribution in [3.8, 4) is 0 Å². The van der Waals surface area contributed by atoms with Crippen LogP contribution in [-0.4, -0.2) is 31.2 Å². The first kappa shape index (κ1) is 25.2. The van der Waals surface area contributed by atoms with Gasteiger partial charge >= 0.3 is 92.4 Å². The van der Waals surface area contributed by atoms with Crippen LogP contribution in [-0.2, 0) is 4.79 Å². The van der Waals surface area contributed by atoms with E-state index in [4.69, 9.17) is 5.11 Å². The maximum atomic E-state index is 10.7. The van der Waals surface area contributed by atoms with Crippen molar-refractivity contribution in [3.05, 3.63) is 47.7 Å². The Morgan fingerprint density at radius 1 is 0.962 bits per heavy atom. The van der Waals surface area contributed by atoms with Gasteiger partial charge in [-0.1, -0.05) is 30.3 Å². The van der Waals surface area contributed by atoms with Gasteiger partial charge in [0.1, 0.15) is 6.29 Å². The molecule has 1 aromatic rings. The summed E-state index contributed by atoms with van der Waals surface area (Å²) in [5, 5.41) is 9.02. The molecule has 1 N–H and O–H groups in total. The predicted octanol–water partition coefficient (Wildman–Crippen LogP) is 7.31. The number of unbranched alkanes of at least 4 members (excludes halogenated alkanes) is 3. The van der Waals surface area contributed by atoms with Gasteiger partial charge in [0.25, 0.3) is 0 Å². The fraction of sp³-hybridized carbons (Fsp3) is 0.609. The Kier molecular flexibility index (Phi) is 17.1. The molecular weight excluding hydrogens is 427 g/mol. The third kappa shape index (κ3) is 13.4. The van der Waals surface area contributed by atoms with Crippen molar-refractivity contribution < 1.29 is 9.90 Å². The van der Waals surface area contributed by atoms with Crippen molar-refractivity contribution in [2.75, 3.05) is 0 Å². The zero-order chi connectivity index (χ0) is 19.6. The molecule has 0 aliphatic rings. The minimum absolute atomic E-state index is 0.168. The summed E-state index contributed by atoms with van der Waals surface area (Å²) in [5.74, 6) is -0.174. The zero-order valence-corrected chi connectivity index (χ0v) is 20.2. The molecule has 0 saturated heterocycles. The number of benzene rings is 1. The second kappa shape index (κ2) is 17.6. The molecular formula is C23H39O2Sn. The second-order valence-corrected chi connectivity index (χ2v) is 15.5. The molecule has 0 aromatic heterocycles. The van der Waals surface area contributed by atoms with Crippen LogP contribution in [0.5, 0.6) is 0 Å². The Balaban J connectivity index is 0.000000481. The van der Waals surface area contributed by atoms with Gasteiger partial charge in [-0.25, -0.2) is 0 Å². The third-order valence-electron chi connectivity index (χ3n) is 4.40. The standard InChI is InChI=1S/C11H12O2.3C4H9.Sn/c1-9(13)7-11(8-12)10-5-3-2-4-6-10;3*1-3-4-2;/h2-8,11,13H,1H3;3*1,3-4H2,2H3;/b9-7-;;;;. The van der Waals surface area contributed by atoms with Crippen molar-refractivity contribution in [1.82, 2.24) is 0 Å². The van der Waals surface area contributed by atoms with Gasteiger partial charge in [-0.15, -0.1) is 0 Å². The van der Waals surface area contributed by atoms with E-state index in [1.807, 2.05) is 30.3 Å². The molecule has 1 aromatic carbocycles. The fourth-order valence-corrected chi connectivity index (χ4v) is 12.3. The molecule has 0 amide bonds. The van der Waals surface area contributed by atoms with Crippen molar-refractivity contribution in [3.63, 3.8) is 0 Å². The molecule has 147 valence electrons. The summed E-state index contributed by atoms with van der Waals surface area (Å²) in [6.45, 7) is 8.56. The normalized spacial score (nSPS) is 12.4. The summed E-state index contributed by atoms with van der Waals surface area (Å²) in [6.07, 6.45) is 11.2. The first-order chi connectivity index (χ1) is 12.6. The number of carbonyl (C=O) groups excluding carboxylic acids is 1. The topological polar surface area (TPSA) is 37.3 Å². The predicted molar refractivity (Wildman–Crippen MR) is 117 cm³/mol. The summed E-state index contributed by atoms with van der Waals surface area (Å²) in [5.41, 5.74) is 0.894. The monoisotopic (exact) mass is 467 g/mol. The number of hydrogen-bond acceptors (Lipinski definition) is 2. The van der Waals surface area contributed by atoms with E-state index in [1.165, 1.54) is 44.6 Å². The molecule has 0 aliphatic heterocycles. The Labute approximate surface area is 168 Å². The number of rotatable bonds is 12. The molecule has 0 heterocycles. The molecule has 0 fully saturated rings. The molecule has 2 nitrogen and oxygen atoms in total. The van der Waals surface area contributed by atoms with Crippen molar-refractivity contribution in [2.45, 2.75) is 85.4 Å². The SMILES string of the molecule is C/C(O)=C/C(C=O)c1ccccc1.CCC[CH2][Sn]([CH2]CCC)[CH2]CCC. The Bertz CT molecular complexity index is 447. The quantitative estimate of drug-likeness (QED) is 0.199. The van der Waals surface area contributed by atoms with Crippen LogP contribution in [0.2, 0.25) is 13.3 Å². The van der Waals surface area contributed by atoms with Crippen LogP contribution in [0, 0.1) is 0 Å². The van der Waals surface area contributed by atoms with Gasteiger partial charge < -0.3 is 9.90 Å². The Morgan fingerprint density at radius 2 is 1.42 bits per heavy atom. The van der Waals surface area contributed by atoms with E-state index in [2.05, 4.69) is 20.8 Å². The van der Waals surface area contributed by atoms with Crippen LogP contribution in [0.1, 0.15) is 77.7 Å².